The van der Waals surface area contributed by atoms with Crippen molar-refractivity contribution >= 4 is 23.5 Å². The van der Waals surface area contributed by atoms with Gasteiger partial charge in [-0.3, -0.25) is 9.59 Å². The molecule has 1 heterocycles. The van der Waals surface area contributed by atoms with Crippen molar-refractivity contribution in [2.75, 3.05) is 11.5 Å². The molecule has 56 valence electrons. The van der Waals surface area contributed by atoms with E-state index in [1.807, 2.05) is 0 Å². The summed E-state index contributed by atoms with van der Waals surface area (Å²) in [4.78, 5) is 21.0. The molecule has 0 aromatic heterocycles. The largest absolute Gasteiger partial charge is 0.481 e. The summed E-state index contributed by atoms with van der Waals surface area (Å²) < 4.78 is 0. The van der Waals surface area contributed by atoms with Gasteiger partial charge in [0.2, 0.25) is 0 Å². The summed E-state index contributed by atoms with van der Waals surface area (Å²) in [5.74, 6) is 0.180. The quantitative estimate of drug-likeness (QED) is 0.635. The van der Waals surface area contributed by atoms with Crippen LogP contribution in [-0.2, 0) is 9.59 Å². The Labute approximate surface area is 62.8 Å². The molecular formula is C6H8O3S. The smallest absolute Gasteiger partial charge is 0.304 e. The molecule has 4 heteroatoms. The summed E-state index contributed by atoms with van der Waals surface area (Å²) in [6.07, 6.45) is 0.00579. The minimum Gasteiger partial charge on any atom is -0.481 e. The second-order valence-electron chi connectivity index (χ2n) is 2.28. The highest BCUT2D eigenvalue weighted by atomic mass is 32.2. The van der Waals surface area contributed by atoms with Crippen LogP contribution in [0.1, 0.15) is 6.42 Å². The molecule has 0 aromatic rings. The predicted octanol–water partition coefficient (Wildman–Crippen LogP) is 0.393. The topological polar surface area (TPSA) is 54.4 Å². The predicted molar refractivity (Wildman–Crippen MR) is 38.1 cm³/mol. The third-order valence-corrected chi connectivity index (χ3v) is 2.57. The second-order valence-corrected chi connectivity index (χ2v) is 3.31. The highest BCUT2D eigenvalue weighted by molar-refractivity contribution is 8.00. The number of aliphatic carboxylic acids is 1. The second kappa shape index (κ2) is 3.05. The molecule has 3 nitrogen and oxygen atoms in total. The van der Waals surface area contributed by atoms with Crippen LogP contribution in [0.25, 0.3) is 0 Å². The minimum absolute atomic E-state index is 0.00579. The molecule has 0 aliphatic carbocycles. The van der Waals surface area contributed by atoms with Gasteiger partial charge in [0.15, 0.2) is 0 Å². The number of hydrogen-bond acceptors (Lipinski definition) is 3. The van der Waals surface area contributed by atoms with Crippen molar-refractivity contribution in [1.82, 2.24) is 0 Å². The van der Waals surface area contributed by atoms with Crippen molar-refractivity contribution in [2.45, 2.75) is 6.42 Å². The SMILES string of the molecule is O=C(O)CC1CSCC1=O. The normalized spacial score (nSPS) is 25.2. The maximum absolute atomic E-state index is 10.8. The lowest BCUT2D eigenvalue weighted by molar-refractivity contribution is -0.139. The molecule has 1 fully saturated rings. The van der Waals surface area contributed by atoms with E-state index in [4.69, 9.17) is 5.11 Å². The summed E-state index contributed by atoms with van der Waals surface area (Å²) in [5.41, 5.74) is 0. The van der Waals surface area contributed by atoms with Crippen LogP contribution < -0.4 is 0 Å². The lowest BCUT2D eigenvalue weighted by Crippen LogP contribution is -2.15. The highest BCUT2D eigenvalue weighted by Gasteiger charge is 2.26. The number of rotatable bonds is 2. The first-order valence-electron chi connectivity index (χ1n) is 3.02. The number of carboxylic acid groups (broad SMARTS) is 1. The van der Waals surface area contributed by atoms with E-state index < -0.39 is 5.97 Å². The Hall–Kier alpha value is -0.510. The molecule has 0 radical (unpaired) electrons. The molecule has 0 aromatic carbocycles. The molecule has 1 aliphatic heterocycles. The Balaban J connectivity index is 2.40. The van der Waals surface area contributed by atoms with Gasteiger partial charge in [-0.05, 0) is 0 Å². The van der Waals surface area contributed by atoms with Gasteiger partial charge >= 0.3 is 5.97 Å². The fourth-order valence-corrected chi connectivity index (χ4v) is 2.04. The van der Waals surface area contributed by atoms with E-state index in [1.165, 1.54) is 11.8 Å². The Bertz CT molecular complexity index is 166. The van der Waals surface area contributed by atoms with Crippen LogP contribution in [0.4, 0.5) is 0 Å². The third-order valence-electron chi connectivity index (χ3n) is 1.44. The number of hydrogen-bond donors (Lipinski definition) is 1. The van der Waals surface area contributed by atoms with E-state index in [9.17, 15) is 9.59 Å². The van der Waals surface area contributed by atoms with E-state index in [0.717, 1.165) is 0 Å². The summed E-state index contributed by atoms with van der Waals surface area (Å²) in [7, 11) is 0. The zero-order chi connectivity index (χ0) is 7.56. The van der Waals surface area contributed by atoms with E-state index >= 15 is 0 Å². The van der Waals surface area contributed by atoms with Crippen LogP contribution in [0.5, 0.6) is 0 Å². The number of carbonyl (C=O) groups excluding carboxylic acids is 1. The standard InChI is InChI=1S/C6H8O3S/c7-5-3-10-2-4(5)1-6(8)9/h4H,1-3H2,(H,8,9). The van der Waals surface area contributed by atoms with Crippen LogP contribution in [-0.4, -0.2) is 28.4 Å². The van der Waals surface area contributed by atoms with Crippen molar-refractivity contribution in [3.05, 3.63) is 0 Å². The molecule has 1 aliphatic rings. The molecule has 1 atom stereocenters. The van der Waals surface area contributed by atoms with Gasteiger partial charge < -0.3 is 5.11 Å². The van der Waals surface area contributed by atoms with Gasteiger partial charge in [-0.1, -0.05) is 0 Å². The molecule has 1 saturated heterocycles. The number of thioether (sulfide) groups is 1. The average Bonchev–Trinajstić information content (AvgIpc) is 2.15. The fraction of sp³-hybridized carbons (Fsp3) is 0.667. The summed E-state index contributed by atoms with van der Waals surface area (Å²) >= 11 is 1.52. The lowest BCUT2D eigenvalue weighted by atomic mass is 10.0. The van der Waals surface area contributed by atoms with Gasteiger partial charge in [-0.2, -0.15) is 11.8 Å². The Morgan fingerprint density at radius 1 is 1.80 bits per heavy atom. The Morgan fingerprint density at radius 3 is 2.90 bits per heavy atom. The van der Waals surface area contributed by atoms with Gasteiger partial charge in [0.05, 0.1) is 12.2 Å². The van der Waals surface area contributed by atoms with Gasteiger partial charge in [-0.15, -0.1) is 0 Å². The van der Waals surface area contributed by atoms with Crippen molar-refractivity contribution < 1.29 is 14.7 Å². The van der Waals surface area contributed by atoms with Crippen molar-refractivity contribution in [2.24, 2.45) is 5.92 Å². The number of carboxylic acids is 1. The van der Waals surface area contributed by atoms with Crippen LogP contribution in [0, 0.1) is 5.92 Å². The van der Waals surface area contributed by atoms with Crippen LogP contribution >= 0.6 is 11.8 Å². The monoisotopic (exact) mass is 160 g/mol. The van der Waals surface area contributed by atoms with Gasteiger partial charge in [0, 0.05) is 11.7 Å². The number of ketones is 1. The van der Waals surface area contributed by atoms with Crippen LogP contribution in [0.3, 0.4) is 0 Å². The summed E-state index contributed by atoms with van der Waals surface area (Å²) in [6, 6.07) is 0. The van der Waals surface area contributed by atoms with Crippen molar-refractivity contribution in [1.29, 1.82) is 0 Å². The zero-order valence-corrected chi connectivity index (χ0v) is 6.19. The van der Waals surface area contributed by atoms with Gasteiger partial charge in [0.25, 0.3) is 0 Å². The van der Waals surface area contributed by atoms with E-state index in [2.05, 4.69) is 0 Å². The minimum atomic E-state index is -0.874. The highest BCUT2D eigenvalue weighted by Crippen LogP contribution is 2.22. The molecule has 0 spiro atoms. The first-order valence-corrected chi connectivity index (χ1v) is 4.18. The van der Waals surface area contributed by atoms with E-state index in [0.29, 0.717) is 11.5 Å². The van der Waals surface area contributed by atoms with Gasteiger partial charge in [0.1, 0.15) is 5.78 Å². The Morgan fingerprint density at radius 2 is 2.50 bits per heavy atom. The third kappa shape index (κ3) is 1.73. The molecule has 0 saturated carbocycles. The summed E-state index contributed by atoms with van der Waals surface area (Å²) in [5, 5.41) is 8.33. The van der Waals surface area contributed by atoms with E-state index in [-0.39, 0.29) is 18.1 Å². The molecule has 0 bridgehead atoms. The molecule has 10 heavy (non-hydrogen) atoms. The first kappa shape index (κ1) is 7.60. The molecule has 1 rings (SSSR count). The molecule has 1 unspecified atom stereocenters. The average molecular weight is 160 g/mol. The molecule has 1 N–H and O–H groups in total. The van der Waals surface area contributed by atoms with E-state index in [1.54, 1.807) is 0 Å². The van der Waals surface area contributed by atoms with Crippen molar-refractivity contribution in [3.63, 3.8) is 0 Å². The van der Waals surface area contributed by atoms with Gasteiger partial charge in [-0.25, -0.2) is 0 Å². The maximum Gasteiger partial charge on any atom is 0.304 e. The molecule has 0 amide bonds. The first-order chi connectivity index (χ1) is 4.70. The molecular weight excluding hydrogens is 152 g/mol. The van der Waals surface area contributed by atoms with Crippen LogP contribution in [0.2, 0.25) is 0 Å². The number of carbonyl (C=O) groups is 2. The summed E-state index contributed by atoms with van der Waals surface area (Å²) in [6.45, 7) is 0. The number of Topliss-reactive ketones (excluding diaryl/α,β-unsaturated/α-hetero) is 1. The Kier molecular flexibility index (Phi) is 2.32. The van der Waals surface area contributed by atoms with Crippen molar-refractivity contribution in [3.8, 4) is 0 Å². The van der Waals surface area contributed by atoms with Crippen LogP contribution in [0.15, 0.2) is 0 Å². The fourth-order valence-electron chi connectivity index (χ4n) is 0.896. The maximum atomic E-state index is 10.8. The lowest BCUT2D eigenvalue weighted by Gasteiger charge is -1.99. The zero-order valence-electron chi connectivity index (χ0n) is 5.37.